The minimum absolute atomic E-state index is 0.0324. The summed E-state index contributed by atoms with van der Waals surface area (Å²) >= 11 is 1.54. The molecule has 1 amide bonds. The monoisotopic (exact) mass is 500 g/mol. The van der Waals surface area contributed by atoms with Gasteiger partial charge in [-0.3, -0.25) is 9.69 Å². The molecule has 34 heavy (non-hydrogen) atoms. The van der Waals surface area contributed by atoms with Gasteiger partial charge >= 0.3 is 0 Å². The summed E-state index contributed by atoms with van der Waals surface area (Å²) in [5.41, 5.74) is 3.08. The molecule has 2 aromatic carbocycles. The number of aryl methyl sites for hydroxylation is 2. The van der Waals surface area contributed by atoms with Crippen LogP contribution < -0.4 is 4.90 Å². The predicted octanol–water partition coefficient (Wildman–Crippen LogP) is 3.91. The molecule has 0 aliphatic carbocycles. The quantitative estimate of drug-likeness (QED) is 0.492. The lowest BCUT2D eigenvalue weighted by Gasteiger charge is -2.33. The van der Waals surface area contributed by atoms with Crippen molar-refractivity contribution >= 4 is 42.6 Å². The van der Waals surface area contributed by atoms with Crippen LogP contribution >= 0.6 is 11.3 Å². The summed E-state index contributed by atoms with van der Waals surface area (Å²) in [5.74, 6) is -0.189. The Morgan fingerprint density at radius 3 is 2.32 bits per heavy atom. The highest BCUT2D eigenvalue weighted by molar-refractivity contribution is 7.89. The number of anilines is 1. The minimum atomic E-state index is -3.55. The van der Waals surface area contributed by atoms with Gasteiger partial charge in [0.1, 0.15) is 0 Å². The molecule has 182 valence electrons. The third-order valence-corrected chi connectivity index (χ3v) is 9.22. The molecule has 0 spiro atoms. The van der Waals surface area contributed by atoms with E-state index >= 15 is 0 Å². The van der Waals surface area contributed by atoms with Crippen molar-refractivity contribution in [1.82, 2.24) is 14.2 Å². The van der Waals surface area contributed by atoms with E-state index < -0.39 is 10.0 Å². The number of carbonyl (C=O) groups is 1. The Kier molecular flexibility index (Phi) is 7.37. The minimum Gasteiger partial charge on any atom is -0.308 e. The lowest BCUT2D eigenvalue weighted by molar-refractivity contribution is -0.123. The number of hydrogen-bond donors (Lipinski definition) is 0. The van der Waals surface area contributed by atoms with Crippen LogP contribution in [-0.2, 0) is 14.8 Å². The Balaban J connectivity index is 1.50. The fourth-order valence-electron chi connectivity index (χ4n) is 4.16. The molecule has 0 atom stereocenters. The van der Waals surface area contributed by atoms with E-state index in [1.54, 1.807) is 17.0 Å². The highest BCUT2D eigenvalue weighted by Crippen LogP contribution is 2.32. The van der Waals surface area contributed by atoms with Crippen molar-refractivity contribution < 1.29 is 13.2 Å². The molecule has 0 N–H and O–H groups in total. The molecule has 3 aromatic rings. The van der Waals surface area contributed by atoms with Crippen LogP contribution in [0.15, 0.2) is 47.4 Å². The SMILES string of the molecule is Cc1ccc(S(=O)(=O)N2CCC(C(=O)N(CCN(C)C)c3nc4ccc(C)cc4s3)CC2)cc1. The van der Waals surface area contributed by atoms with E-state index in [1.807, 2.05) is 52.2 Å². The van der Waals surface area contributed by atoms with Gasteiger partial charge in [0.15, 0.2) is 5.13 Å². The van der Waals surface area contributed by atoms with Crippen LogP contribution in [0.1, 0.15) is 24.0 Å². The number of nitrogens with zero attached hydrogens (tertiary/aromatic N) is 4. The Morgan fingerprint density at radius 2 is 1.68 bits per heavy atom. The third kappa shape index (κ3) is 5.33. The molecule has 0 bridgehead atoms. The van der Waals surface area contributed by atoms with E-state index in [2.05, 4.69) is 11.0 Å². The first-order valence-electron chi connectivity index (χ1n) is 11.6. The van der Waals surface area contributed by atoms with Gasteiger partial charge in [-0.1, -0.05) is 35.1 Å². The molecule has 0 saturated carbocycles. The lowest BCUT2D eigenvalue weighted by atomic mass is 9.96. The number of benzene rings is 2. The maximum absolute atomic E-state index is 13.6. The number of sulfonamides is 1. The van der Waals surface area contributed by atoms with Crippen LogP contribution in [0.3, 0.4) is 0 Å². The largest absolute Gasteiger partial charge is 0.308 e. The molecule has 9 heteroatoms. The molecule has 0 radical (unpaired) electrons. The first-order chi connectivity index (χ1) is 16.1. The van der Waals surface area contributed by atoms with E-state index in [1.165, 1.54) is 15.6 Å². The van der Waals surface area contributed by atoms with Gasteiger partial charge in [0.2, 0.25) is 15.9 Å². The van der Waals surface area contributed by atoms with Crippen molar-refractivity contribution in [2.24, 2.45) is 5.92 Å². The molecule has 1 fully saturated rings. The zero-order chi connectivity index (χ0) is 24.5. The standard InChI is InChI=1S/C25H32N4O3S2/c1-18-5-8-21(9-6-18)34(31,32)28-13-11-20(12-14-28)24(30)29(16-15-27(3)4)25-26-22-10-7-19(2)17-23(22)33-25/h5-10,17,20H,11-16H2,1-4H3. The average molecular weight is 501 g/mol. The molecule has 1 aliphatic heterocycles. The van der Waals surface area contributed by atoms with Crippen molar-refractivity contribution in [3.05, 3.63) is 53.6 Å². The van der Waals surface area contributed by atoms with E-state index in [0.717, 1.165) is 27.9 Å². The van der Waals surface area contributed by atoms with Crippen molar-refractivity contribution in [3.8, 4) is 0 Å². The van der Waals surface area contributed by atoms with E-state index in [-0.39, 0.29) is 11.8 Å². The van der Waals surface area contributed by atoms with E-state index in [9.17, 15) is 13.2 Å². The third-order valence-electron chi connectivity index (χ3n) is 6.26. The van der Waals surface area contributed by atoms with Gasteiger partial charge in [0, 0.05) is 32.1 Å². The zero-order valence-electron chi connectivity index (χ0n) is 20.2. The fraction of sp³-hybridized carbons (Fsp3) is 0.440. The topological polar surface area (TPSA) is 73.8 Å². The summed E-state index contributed by atoms with van der Waals surface area (Å²) < 4.78 is 28.7. The molecule has 7 nitrogen and oxygen atoms in total. The van der Waals surface area contributed by atoms with Crippen LogP contribution in [0.5, 0.6) is 0 Å². The number of amides is 1. The number of rotatable bonds is 7. The second-order valence-electron chi connectivity index (χ2n) is 9.25. The van der Waals surface area contributed by atoms with Gasteiger partial charge in [0.05, 0.1) is 15.1 Å². The first kappa shape index (κ1) is 24.8. The summed E-state index contributed by atoms with van der Waals surface area (Å²) in [7, 11) is 0.418. The second-order valence-corrected chi connectivity index (χ2v) is 12.2. The Labute approximate surface area is 206 Å². The van der Waals surface area contributed by atoms with E-state index in [0.29, 0.717) is 42.5 Å². The molecule has 2 heterocycles. The first-order valence-corrected chi connectivity index (χ1v) is 13.8. The molecule has 0 unspecified atom stereocenters. The van der Waals surface area contributed by atoms with Crippen LogP contribution in [0.25, 0.3) is 10.2 Å². The fourth-order valence-corrected chi connectivity index (χ4v) is 6.72. The highest BCUT2D eigenvalue weighted by Gasteiger charge is 2.35. The zero-order valence-corrected chi connectivity index (χ0v) is 21.8. The second kappa shape index (κ2) is 10.1. The van der Waals surface area contributed by atoms with Gasteiger partial charge in [0.25, 0.3) is 0 Å². The molecule has 1 aromatic heterocycles. The maximum Gasteiger partial charge on any atom is 0.243 e. The lowest BCUT2D eigenvalue weighted by Crippen LogP contribution is -2.46. The van der Waals surface area contributed by atoms with Crippen LogP contribution in [0, 0.1) is 19.8 Å². The summed E-state index contributed by atoms with van der Waals surface area (Å²) in [4.78, 5) is 22.5. The van der Waals surface area contributed by atoms with Crippen molar-refractivity contribution in [1.29, 1.82) is 0 Å². The normalized spacial score (nSPS) is 15.8. The Hall–Kier alpha value is -2.33. The van der Waals surface area contributed by atoms with Gasteiger partial charge in [-0.05, 0) is 70.6 Å². The van der Waals surface area contributed by atoms with Crippen molar-refractivity contribution in [2.75, 3.05) is 45.2 Å². The van der Waals surface area contributed by atoms with Crippen LogP contribution in [0.4, 0.5) is 5.13 Å². The summed E-state index contributed by atoms with van der Waals surface area (Å²) in [6, 6.07) is 13.0. The van der Waals surface area contributed by atoms with Gasteiger partial charge < -0.3 is 4.90 Å². The van der Waals surface area contributed by atoms with Crippen molar-refractivity contribution in [2.45, 2.75) is 31.6 Å². The maximum atomic E-state index is 13.6. The Morgan fingerprint density at radius 1 is 1.03 bits per heavy atom. The number of carbonyl (C=O) groups excluding carboxylic acids is 1. The van der Waals surface area contributed by atoms with Gasteiger partial charge in [-0.15, -0.1) is 0 Å². The molecular weight excluding hydrogens is 468 g/mol. The number of fused-ring (bicyclic) bond motifs is 1. The predicted molar refractivity (Wildman–Crippen MR) is 138 cm³/mol. The summed E-state index contributed by atoms with van der Waals surface area (Å²) in [6.07, 6.45) is 1.01. The molecule has 1 aliphatic rings. The number of thiazole rings is 1. The number of aromatic nitrogens is 1. The Bertz CT molecular complexity index is 1260. The van der Waals surface area contributed by atoms with Gasteiger partial charge in [-0.2, -0.15) is 4.31 Å². The number of piperidine rings is 1. The smallest absolute Gasteiger partial charge is 0.243 e. The van der Waals surface area contributed by atoms with Crippen LogP contribution in [-0.4, -0.2) is 68.8 Å². The number of likely N-dealkylation sites (N-methyl/N-ethyl adjacent to an activating group) is 1. The van der Waals surface area contributed by atoms with E-state index in [4.69, 9.17) is 4.98 Å². The average Bonchev–Trinajstić information content (AvgIpc) is 3.22. The molecular formula is C25H32N4O3S2. The molecule has 4 rings (SSSR count). The molecule has 1 saturated heterocycles. The number of hydrogen-bond acceptors (Lipinski definition) is 6. The van der Waals surface area contributed by atoms with Gasteiger partial charge in [-0.25, -0.2) is 13.4 Å². The highest BCUT2D eigenvalue weighted by atomic mass is 32.2. The van der Waals surface area contributed by atoms with Crippen LogP contribution in [0.2, 0.25) is 0 Å². The summed E-state index contributed by atoms with van der Waals surface area (Å²) in [6.45, 7) is 5.93. The van der Waals surface area contributed by atoms with Crippen molar-refractivity contribution in [3.63, 3.8) is 0 Å². The summed E-state index contributed by atoms with van der Waals surface area (Å²) in [5, 5.41) is 0.710.